The van der Waals surface area contributed by atoms with E-state index in [1.807, 2.05) is 31.6 Å². The van der Waals surface area contributed by atoms with E-state index in [0.717, 1.165) is 53.9 Å². The number of aromatic nitrogens is 4. The molecule has 0 amide bonds. The maximum absolute atomic E-state index is 5.54. The van der Waals surface area contributed by atoms with Crippen LogP contribution >= 0.6 is 0 Å². The van der Waals surface area contributed by atoms with Gasteiger partial charge in [0.15, 0.2) is 0 Å². The molecule has 6 nitrogen and oxygen atoms in total. The Morgan fingerprint density at radius 1 is 1.25 bits per heavy atom. The average molecular weight is 329 g/mol. The molecule has 24 heavy (non-hydrogen) atoms. The number of hydrogen-bond acceptors (Lipinski definition) is 5. The van der Waals surface area contributed by atoms with Crippen molar-refractivity contribution < 1.29 is 4.74 Å². The normalized spacial score (nSPS) is 18.3. The molecule has 130 valence electrons. The van der Waals surface area contributed by atoms with E-state index in [1.165, 1.54) is 12.8 Å². The third-order valence-corrected chi connectivity index (χ3v) is 4.95. The number of hydrogen-bond donors (Lipinski definition) is 0. The van der Waals surface area contributed by atoms with Gasteiger partial charge in [-0.2, -0.15) is 5.10 Å². The number of likely N-dealkylation sites (tertiary alicyclic amines) is 1. The summed E-state index contributed by atoms with van der Waals surface area (Å²) < 4.78 is 7.58. The highest BCUT2D eigenvalue weighted by Crippen LogP contribution is 2.27. The van der Waals surface area contributed by atoms with E-state index in [1.54, 1.807) is 7.11 Å². The van der Waals surface area contributed by atoms with E-state index in [9.17, 15) is 0 Å². The third kappa shape index (κ3) is 3.29. The Bertz CT molecular complexity index is 724. The minimum absolute atomic E-state index is 0.485. The van der Waals surface area contributed by atoms with Crippen LogP contribution in [0.4, 0.5) is 0 Å². The van der Waals surface area contributed by atoms with Crippen LogP contribution in [0.15, 0.2) is 6.20 Å². The molecule has 6 heteroatoms. The molecule has 0 bridgehead atoms. The summed E-state index contributed by atoms with van der Waals surface area (Å²) >= 11 is 0. The first kappa shape index (κ1) is 16.9. The number of pyridine rings is 1. The summed E-state index contributed by atoms with van der Waals surface area (Å²) in [7, 11) is 1.73. The van der Waals surface area contributed by atoms with Gasteiger partial charge in [-0.1, -0.05) is 0 Å². The minimum atomic E-state index is 0.485. The second-order valence-electron chi connectivity index (χ2n) is 6.70. The van der Waals surface area contributed by atoms with Crippen molar-refractivity contribution in [2.75, 3.05) is 13.7 Å². The van der Waals surface area contributed by atoms with Gasteiger partial charge in [-0.3, -0.25) is 9.88 Å². The molecule has 0 unspecified atom stereocenters. The van der Waals surface area contributed by atoms with Gasteiger partial charge in [0.1, 0.15) is 17.4 Å². The maximum atomic E-state index is 5.54. The van der Waals surface area contributed by atoms with E-state index in [0.29, 0.717) is 6.04 Å². The molecule has 0 aliphatic carbocycles. The topological polar surface area (TPSA) is 56.1 Å². The highest BCUT2D eigenvalue weighted by molar-refractivity contribution is 5.41. The Balaban J connectivity index is 1.76. The Morgan fingerprint density at radius 3 is 2.71 bits per heavy atom. The lowest BCUT2D eigenvalue weighted by molar-refractivity contribution is 0.214. The molecule has 2 aromatic heterocycles. The lowest BCUT2D eigenvalue weighted by atomic mass is 10.1. The van der Waals surface area contributed by atoms with Gasteiger partial charge in [0.2, 0.25) is 0 Å². The molecule has 0 saturated carbocycles. The molecule has 0 aromatic carbocycles. The summed E-state index contributed by atoms with van der Waals surface area (Å²) in [4.78, 5) is 11.6. The second kappa shape index (κ2) is 6.89. The predicted octanol–water partition coefficient (Wildman–Crippen LogP) is 2.58. The maximum Gasteiger partial charge on any atom is 0.147 e. The third-order valence-electron chi connectivity index (χ3n) is 4.95. The van der Waals surface area contributed by atoms with Gasteiger partial charge in [0, 0.05) is 29.9 Å². The van der Waals surface area contributed by atoms with E-state index in [-0.39, 0.29) is 0 Å². The number of methoxy groups -OCH3 is 1. The Morgan fingerprint density at radius 2 is 2.04 bits per heavy atom. The quantitative estimate of drug-likeness (QED) is 0.844. The first-order valence-corrected chi connectivity index (χ1v) is 8.60. The Hall–Kier alpha value is -1.95. The molecule has 1 aliphatic heterocycles. The van der Waals surface area contributed by atoms with Crippen molar-refractivity contribution in [3.05, 3.63) is 34.7 Å². The smallest absolute Gasteiger partial charge is 0.147 e. The van der Waals surface area contributed by atoms with Gasteiger partial charge in [-0.25, -0.2) is 9.67 Å². The first-order valence-electron chi connectivity index (χ1n) is 8.60. The van der Waals surface area contributed by atoms with Crippen LogP contribution in [0.5, 0.6) is 5.75 Å². The molecule has 3 rings (SSSR count). The largest absolute Gasteiger partial charge is 0.496 e. The van der Waals surface area contributed by atoms with Crippen molar-refractivity contribution in [2.24, 2.45) is 0 Å². The van der Waals surface area contributed by atoms with E-state index < -0.39 is 0 Å². The molecular formula is C18H27N5O. The van der Waals surface area contributed by atoms with Crippen molar-refractivity contribution in [3.8, 4) is 5.75 Å². The van der Waals surface area contributed by atoms with Crippen molar-refractivity contribution in [2.45, 2.75) is 59.7 Å². The predicted molar refractivity (Wildman–Crippen MR) is 93.2 cm³/mol. The van der Waals surface area contributed by atoms with Crippen LogP contribution in [0.25, 0.3) is 0 Å². The molecule has 1 saturated heterocycles. The second-order valence-corrected chi connectivity index (χ2v) is 6.70. The minimum Gasteiger partial charge on any atom is -0.496 e. The SMILES string of the molecule is COc1c(C)cnc(CN2CCC[C@H]2Cn2nc(C)nc2C)c1C. The van der Waals surface area contributed by atoms with Crippen molar-refractivity contribution >= 4 is 0 Å². The molecule has 1 aliphatic rings. The van der Waals surface area contributed by atoms with Gasteiger partial charge < -0.3 is 4.74 Å². The van der Waals surface area contributed by atoms with Crippen molar-refractivity contribution in [1.29, 1.82) is 0 Å². The van der Waals surface area contributed by atoms with Crippen LogP contribution in [-0.2, 0) is 13.1 Å². The Labute approximate surface area is 143 Å². The summed E-state index contributed by atoms with van der Waals surface area (Å²) in [5, 5.41) is 4.51. The lowest BCUT2D eigenvalue weighted by Crippen LogP contribution is -2.33. The van der Waals surface area contributed by atoms with Crippen LogP contribution in [-0.4, -0.2) is 44.3 Å². The van der Waals surface area contributed by atoms with Crippen LogP contribution in [0.2, 0.25) is 0 Å². The number of nitrogens with zero attached hydrogens (tertiary/aromatic N) is 5. The molecule has 1 fully saturated rings. The highest BCUT2D eigenvalue weighted by Gasteiger charge is 2.27. The fourth-order valence-electron chi connectivity index (χ4n) is 3.67. The standard InChI is InChI=1S/C18H27N5O/c1-12-9-19-17(13(2)18(12)24-5)11-22-8-6-7-16(22)10-23-15(4)20-14(3)21-23/h9,16H,6-8,10-11H2,1-5H3/t16-/m0/s1. The fraction of sp³-hybridized carbons (Fsp3) is 0.611. The van der Waals surface area contributed by atoms with Crippen molar-refractivity contribution in [3.63, 3.8) is 0 Å². The van der Waals surface area contributed by atoms with Crippen LogP contribution < -0.4 is 4.74 Å². The first-order chi connectivity index (χ1) is 11.5. The van der Waals surface area contributed by atoms with Crippen LogP contribution in [0, 0.1) is 27.7 Å². The molecule has 0 N–H and O–H groups in total. The molecule has 3 heterocycles. The number of aryl methyl sites for hydroxylation is 3. The zero-order chi connectivity index (χ0) is 17.3. The van der Waals surface area contributed by atoms with Gasteiger partial charge in [0.05, 0.1) is 19.3 Å². The van der Waals surface area contributed by atoms with Crippen LogP contribution in [0.1, 0.15) is 41.3 Å². The van der Waals surface area contributed by atoms with Gasteiger partial charge in [-0.05, 0) is 47.1 Å². The molecule has 2 aromatic rings. The molecule has 1 atom stereocenters. The fourth-order valence-corrected chi connectivity index (χ4v) is 3.67. The lowest BCUT2D eigenvalue weighted by Gasteiger charge is -2.25. The van der Waals surface area contributed by atoms with Crippen molar-refractivity contribution in [1.82, 2.24) is 24.6 Å². The summed E-state index contributed by atoms with van der Waals surface area (Å²) in [6, 6.07) is 0.485. The molecular weight excluding hydrogens is 302 g/mol. The highest BCUT2D eigenvalue weighted by atomic mass is 16.5. The van der Waals surface area contributed by atoms with E-state index >= 15 is 0 Å². The van der Waals surface area contributed by atoms with Crippen LogP contribution in [0.3, 0.4) is 0 Å². The summed E-state index contributed by atoms with van der Waals surface area (Å²) in [6.45, 7) is 11.0. The van der Waals surface area contributed by atoms with E-state index in [2.05, 4.69) is 26.9 Å². The number of rotatable bonds is 5. The van der Waals surface area contributed by atoms with Gasteiger partial charge in [-0.15, -0.1) is 0 Å². The zero-order valence-corrected chi connectivity index (χ0v) is 15.3. The number of ether oxygens (including phenoxy) is 1. The molecule has 0 radical (unpaired) electrons. The Kier molecular flexibility index (Phi) is 4.85. The van der Waals surface area contributed by atoms with E-state index in [4.69, 9.17) is 4.74 Å². The monoisotopic (exact) mass is 329 g/mol. The van der Waals surface area contributed by atoms with Gasteiger partial charge >= 0.3 is 0 Å². The zero-order valence-electron chi connectivity index (χ0n) is 15.3. The summed E-state index contributed by atoms with van der Waals surface area (Å²) in [5.74, 6) is 2.79. The molecule has 0 spiro atoms. The summed E-state index contributed by atoms with van der Waals surface area (Å²) in [6.07, 6.45) is 4.33. The van der Waals surface area contributed by atoms with Gasteiger partial charge in [0.25, 0.3) is 0 Å². The average Bonchev–Trinajstić information content (AvgIpc) is 3.09. The summed E-state index contributed by atoms with van der Waals surface area (Å²) in [5.41, 5.74) is 3.34.